The van der Waals surface area contributed by atoms with Crippen LogP contribution >= 0.6 is 0 Å². The van der Waals surface area contributed by atoms with Gasteiger partial charge in [0.25, 0.3) is 0 Å². The van der Waals surface area contributed by atoms with Crippen molar-refractivity contribution < 1.29 is 19.0 Å². The Bertz CT molecular complexity index is 359. The first-order chi connectivity index (χ1) is 9.59. The minimum Gasteiger partial charge on any atom is -0.460 e. The zero-order valence-corrected chi connectivity index (χ0v) is 12.6. The molecule has 0 radical (unpaired) electrons. The molecule has 0 bridgehead atoms. The van der Waals surface area contributed by atoms with Gasteiger partial charge in [0, 0.05) is 17.9 Å². The van der Waals surface area contributed by atoms with Crippen LogP contribution in [-0.4, -0.2) is 37.5 Å². The second kappa shape index (κ2) is 5.64. The fourth-order valence-electron chi connectivity index (χ4n) is 4.13. The van der Waals surface area contributed by atoms with Crippen LogP contribution in [0.3, 0.4) is 0 Å². The molecule has 0 aromatic rings. The molecule has 20 heavy (non-hydrogen) atoms. The molecule has 0 amide bonds. The standard InChI is InChI=1S/C16H26O4/c1-16(2)14-12(8-5-9-18-14)15(16)20-13(17)10-19-11-6-3-4-7-11/h11-12,14-15H,3-10H2,1-2H3/t12-,14+,15+/m0/s1. The molecular formula is C16H26O4. The molecule has 3 rings (SSSR count). The molecule has 0 aromatic carbocycles. The number of ether oxygens (including phenoxy) is 3. The van der Waals surface area contributed by atoms with Crippen LogP contribution in [0, 0.1) is 11.3 Å². The van der Waals surface area contributed by atoms with Crippen molar-refractivity contribution in [1.29, 1.82) is 0 Å². The first-order valence-electron chi connectivity index (χ1n) is 8.02. The summed E-state index contributed by atoms with van der Waals surface area (Å²) in [6.07, 6.45) is 7.30. The predicted molar refractivity (Wildman–Crippen MR) is 74.3 cm³/mol. The Kier molecular flexibility index (Phi) is 4.04. The van der Waals surface area contributed by atoms with Gasteiger partial charge in [-0.05, 0) is 25.7 Å². The minimum atomic E-state index is -0.209. The van der Waals surface area contributed by atoms with E-state index in [4.69, 9.17) is 14.2 Å². The molecule has 0 spiro atoms. The highest BCUT2D eigenvalue weighted by atomic mass is 16.6. The molecule has 114 valence electrons. The van der Waals surface area contributed by atoms with E-state index in [1.807, 2.05) is 0 Å². The lowest BCUT2D eigenvalue weighted by molar-refractivity contribution is -0.256. The molecular weight excluding hydrogens is 256 g/mol. The van der Waals surface area contributed by atoms with Crippen LogP contribution in [0.1, 0.15) is 52.4 Å². The molecule has 3 fully saturated rings. The highest BCUT2D eigenvalue weighted by Gasteiger charge is 2.60. The molecule has 2 saturated carbocycles. The number of rotatable bonds is 4. The van der Waals surface area contributed by atoms with Crippen molar-refractivity contribution in [2.75, 3.05) is 13.2 Å². The number of hydrogen-bond acceptors (Lipinski definition) is 4. The van der Waals surface area contributed by atoms with E-state index in [-0.39, 0.29) is 36.3 Å². The zero-order valence-electron chi connectivity index (χ0n) is 12.6. The van der Waals surface area contributed by atoms with Crippen LogP contribution in [0.5, 0.6) is 0 Å². The van der Waals surface area contributed by atoms with Crippen LogP contribution in [0.2, 0.25) is 0 Å². The van der Waals surface area contributed by atoms with E-state index in [0.717, 1.165) is 32.3 Å². The smallest absolute Gasteiger partial charge is 0.332 e. The third kappa shape index (κ3) is 2.60. The van der Waals surface area contributed by atoms with Crippen LogP contribution in [0.25, 0.3) is 0 Å². The second-order valence-corrected chi connectivity index (χ2v) is 7.05. The molecule has 3 aliphatic rings. The summed E-state index contributed by atoms with van der Waals surface area (Å²) in [6, 6.07) is 0. The molecule has 1 heterocycles. The van der Waals surface area contributed by atoms with E-state index < -0.39 is 0 Å². The lowest BCUT2D eigenvalue weighted by atomic mass is 9.57. The van der Waals surface area contributed by atoms with Gasteiger partial charge >= 0.3 is 5.97 Å². The highest BCUT2D eigenvalue weighted by molar-refractivity contribution is 5.71. The summed E-state index contributed by atoms with van der Waals surface area (Å²) in [6.45, 7) is 5.22. The highest BCUT2D eigenvalue weighted by Crippen LogP contribution is 2.52. The van der Waals surface area contributed by atoms with Crippen LogP contribution < -0.4 is 0 Å². The van der Waals surface area contributed by atoms with Crippen molar-refractivity contribution in [3.63, 3.8) is 0 Å². The molecule has 1 saturated heterocycles. The normalized spacial score (nSPS) is 36.2. The number of hydrogen-bond donors (Lipinski definition) is 0. The van der Waals surface area contributed by atoms with Crippen molar-refractivity contribution >= 4 is 5.97 Å². The molecule has 1 aliphatic heterocycles. The molecule has 4 heteroatoms. The largest absolute Gasteiger partial charge is 0.460 e. The summed E-state index contributed by atoms with van der Waals surface area (Å²) >= 11 is 0. The Balaban J connectivity index is 1.48. The average molecular weight is 282 g/mol. The molecule has 0 unspecified atom stereocenters. The summed E-state index contributed by atoms with van der Waals surface area (Å²) in [5.41, 5.74) is -0.0614. The molecule has 0 N–H and O–H groups in total. The van der Waals surface area contributed by atoms with Gasteiger partial charge in [0.2, 0.25) is 0 Å². The van der Waals surface area contributed by atoms with Gasteiger partial charge in [0.05, 0.1) is 12.2 Å². The minimum absolute atomic E-state index is 0.00696. The van der Waals surface area contributed by atoms with Gasteiger partial charge in [-0.15, -0.1) is 0 Å². The van der Waals surface area contributed by atoms with Gasteiger partial charge in [0.15, 0.2) is 0 Å². The van der Waals surface area contributed by atoms with E-state index >= 15 is 0 Å². The monoisotopic (exact) mass is 282 g/mol. The molecule has 3 atom stereocenters. The van der Waals surface area contributed by atoms with Gasteiger partial charge in [-0.3, -0.25) is 0 Å². The van der Waals surface area contributed by atoms with E-state index in [1.165, 1.54) is 12.8 Å². The maximum absolute atomic E-state index is 12.0. The fourth-order valence-corrected chi connectivity index (χ4v) is 4.13. The van der Waals surface area contributed by atoms with E-state index in [0.29, 0.717) is 5.92 Å². The zero-order chi connectivity index (χ0) is 14.2. The van der Waals surface area contributed by atoms with Crippen molar-refractivity contribution in [3.8, 4) is 0 Å². The van der Waals surface area contributed by atoms with E-state index in [2.05, 4.69) is 13.8 Å². The van der Waals surface area contributed by atoms with Gasteiger partial charge in [-0.1, -0.05) is 26.7 Å². The second-order valence-electron chi connectivity index (χ2n) is 7.05. The number of carbonyl (C=O) groups is 1. The van der Waals surface area contributed by atoms with E-state index in [1.54, 1.807) is 0 Å². The maximum Gasteiger partial charge on any atom is 0.332 e. The summed E-state index contributed by atoms with van der Waals surface area (Å²) < 4.78 is 17.1. The van der Waals surface area contributed by atoms with Crippen LogP contribution in [-0.2, 0) is 19.0 Å². The predicted octanol–water partition coefficient (Wildman–Crippen LogP) is 2.69. The Morgan fingerprint density at radius 2 is 1.95 bits per heavy atom. The van der Waals surface area contributed by atoms with Crippen molar-refractivity contribution in [3.05, 3.63) is 0 Å². The third-order valence-corrected chi connectivity index (χ3v) is 5.22. The first-order valence-corrected chi connectivity index (χ1v) is 8.02. The van der Waals surface area contributed by atoms with Crippen molar-refractivity contribution in [2.24, 2.45) is 11.3 Å². The maximum atomic E-state index is 12.0. The molecule has 0 aromatic heterocycles. The Morgan fingerprint density at radius 3 is 2.70 bits per heavy atom. The quantitative estimate of drug-likeness (QED) is 0.744. The third-order valence-electron chi connectivity index (χ3n) is 5.22. The van der Waals surface area contributed by atoms with Crippen LogP contribution in [0.15, 0.2) is 0 Å². The summed E-state index contributed by atoms with van der Waals surface area (Å²) in [5.74, 6) is 0.174. The van der Waals surface area contributed by atoms with Gasteiger partial charge in [-0.25, -0.2) is 4.79 Å². The van der Waals surface area contributed by atoms with E-state index in [9.17, 15) is 4.79 Å². The topological polar surface area (TPSA) is 44.8 Å². The summed E-state index contributed by atoms with van der Waals surface area (Å²) in [5, 5.41) is 0. The van der Waals surface area contributed by atoms with Gasteiger partial charge < -0.3 is 14.2 Å². The average Bonchev–Trinajstić information content (AvgIpc) is 2.96. The Morgan fingerprint density at radius 1 is 1.20 bits per heavy atom. The number of carbonyl (C=O) groups excluding carboxylic acids is 1. The Labute approximate surface area is 121 Å². The number of esters is 1. The van der Waals surface area contributed by atoms with Crippen molar-refractivity contribution in [2.45, 2.75) is 70.7 Å². The lowest BCUT2D eigenvalue weighted by Crippen LogP contribution is -2.65. The van der Waals surface area contributed by atoms with Gasteiger partial charge in [0.1, 0.15) is 12.7 Å². The summed E-state index contributed by atoms with van der Waals surface area (Å²) in [7, 11) is 0. The molecule has 4 nitrogen and oxygen atoms in total. The molecule has 2 aliphatic carbocycles. The summed E-state index contributed by atoms with van der Waals surface area (Å²) in [4.78, 5) is 12.0. The van der Waals surface area contributed by atoms with Gasteiger partial charge in [-0.2, -0.15) is 0 Å². The Hall–Kier alpha value is -0.610. The first kappa shape index (κ1) is 14.3. The lowest BCUT2D eigenvalue weighted by Gasteiger charge is -2.58. The fraction of sp³-hybridized carbons (Fsp3) is 0.938. The van der Waals surface area contributed by atoms with Crippen LogP contribution in [0.4, 0.5) is 0 Å². The van der Waals surface area contributed by atoms with Crippen molar-refractivity contribution in [1.82, 2.24) is 0 Å². The number of fused-ring (bicyclic) bond motifs is 1. The SMILES string of the molecule is CC1(C)[C@@H]2OCCC[C@@H]2[C@H]1OC(=O)COC1CCCC1.